The fraction of sp³-hybridized carbons (Fsp3) is 0.419. The van der Waals surface area contributed by atoms with Crippen molar-refractivity contribution in [1.82, 2.24) is 5.32 Å². The first-order valence-electron chi connectivity index (χ1n) is 12.9. The molecule has 2 aromatic rings. The molecule has 0 aromatic heterocycles. The van der Waals surface area contributed by atoms with Crippen molar-refractivity contribution < 1.29 is 14.7 Å². The molecule has 2 atom stereocenters. The average molecular weight is 506 g/mol. The number of benzene rings is 2. The molecule has 0 bridgehead atoms. The quantitative estimate of drug-likeness (QED) is 0.301. The topological polar surface area (TPSA) is 66.4 Å². The zero-order valence-electron chi connectivity index (χ0n) is 21.9. The molecule has 1 aliphatic carbocycles. The fourth-order valence-corrected chi connectivity index (χ4v) is 5.78. The third kappa shape index (κ3) is 8.70. The first-order valence-corrected chi connectivity index (χ1v) is 13.8. The van der Waals surface area contributed by atoms with Gasteiger partial charge in [-0.05, 0) is 65.5 Å². The van der Waals surface area contributed by atoms with Gasteiger partial charge in [-0.3, -0.25) is 9.59 Å². The second kappa shape index (κ2) is 13.5. The fourth-order valence-electron chi connectivity index (χ4n) is 4.37. The summed E-state index contributed by atoms with van der Waals surface area (Å²) in [4.78, 5) is 24.3. The van der Waals surface area contributed by atoms with Gasteiger partial charge in [0.2, 0.25) is 5.91 Å². The van der Waals surface area contributed by atoms with Crippen molar-refractivity contribution in [1.29, 1.82) is 0 Å². The number of carboxylic acid groups (broad SMARTS) is 1. The molecule has 3 rings (SSSR count). The van der Waals surface area contributed by atoms with Gasteiger partial charge in [0.15, 0.2) is 0 Å². The zero-order valence-corrected chi connectivity index (χ0v) is 22.7. The Morgan fingerprint density at radius 2 is 1.61 bits per heavy atom. The summed E-state index contributed by atoms with van der Waals surface area (Å²) in [6.07, 6.45) is 8.96. The van der Waals surface area contributed by atoms with Crippen molar-refractivity contribution in [2.75, 3.05) is 6.54 Å². The number of carbonyl (C=O) groups is 2. The summed E-state index contributed by atoms with van der Waals surface area (Å²) in [5.74, 6) is -0.0377. The lowest BCUT2D eigenvalue weighted by molar-refractivity contribution is -0.137. The number of thioether (sulfide) groups is 1. The zero-order chi connectivity index (χ0) is 26.1. The predicted octanol–water partition coefficient (Wildman–Crippen LogP) is 7.15. The van der Waals surface area contributed by atoms with E-state index in [-0.39, 0.29) is 24.8 Å². The molecular weight excluding hydrogens is 466 g/mol. The number of amides is 1. The van der Waals surface area contributed by atoms with Crippen LogP contribution in [0.4, 0.5) is 0 Å². The molecule has 36 heavy (non-hydrogen) atoms. The minimum atomic E-state index is -0.905. The Kier molecular flexibility index (Phi) is 10.4. The van der Waals surface area contributed by atoms with E-state index in [1.807, 2.05) is 17.8 Å². The summed E-state index contributed by atoms with van der Waals surface area (Å²) in [7, 11) is 0. The van der Waals surface area contributed by atoms with Gasteiger partial charge in [0, 0.05) is 16.7 Å². The van der Waals surface area contributed by atoms with E-state index in [4.69, 9.17) is 5.11 Å². The van der Waals surface area contributed by atoms with E-state index in [9.17, 15) is 9.59 Å². The Hall–Kier alpha value is -2.79. The van der Waals surface area contributed by atoms with Crippen molar-refractivity contribution in [2.45, 2.75) is 63.5 Å². The van der Waals surface area contributed by atoms with Crippen LogP contribution in [0.1, 0.15) is 52.5 Å². The maximum Gasteiger partial charge on any atom is 0.305 e. The van der Waals surface area contributed by atoms with Gasteiger partial charge in [0.25, 0.3) is 0 Å². The average Bonchev–Trinajstić information content (AvgIpc) is 2.84. The molecule has 0 spiro atoms. The summed E-state index contributed by atoms with van der Waals surface area (Å²) in [5.41, 5.74) is 5.10. The van der Waals surface area contributed by atoms with Crippen molar-refractivity contribution in [3.63, 3.8) is 0 Å². The van der Waals surface area contributed by atoms with E-state index in [0.717, 1.165) is 12.8 Å². The summed E-state index contributed by atoms with van der Waals surface area (Å²) < 4.78 is 0. The molecule has 2 aromatic carbocycles. The van der Waals surface area contributed by atoms with Crippen LogP contribution in [-0.2, 0) is 16.0 Å². The minimum absolute atomic E-state index is 0.0569. The van der Waals surface area contributed by atoms with Crippen molar-refractivity contribution in [3.8, 4) is 11.1 Å². The van der Waals surface area contributed by atoms with E-state index < -0.39 is 5.97 Å². The summed E-state index contributed by atoms with van der Waals surface area (Å²) in [5, 5.41) is 11.8. The largest absolute Gasteiger partial charge is 0.481 e. The van der Waals surface area contributed by atoms with E-state index in [2.05, 4.69) is 93.7 Å². The maximum atomic E-state index is 12.3. The summed E-state index contributed by atoms with van der Waals surface area (Å²) in [6.45, 7) is 9.14. The molecule has 0 heterocycles. The Morgan fingerprint density at radius 1 is 0.972 bits per heavy atom. The van der Waals surface area contributed by atoms with E-state index >= 15 is 0 Å². The molecule has 2 N–H and O–H groups in total. The summed E-state index contributed by atoms with van der Waals surface area (Å²) >= 11 is 1.88. The van der Waals surface area contributed by atoms with Gasteiger partial charge in [-0.15, -0.1) is 11.8 Å². The normalized spacial score (nSPS) is 16.2. The number of carbonyl (C=O) groups excluding carboxylic acids is 1. The SMILES string of the molecule is CC(C)Cc1ccc(-c2ccc(SC(CC(C)C)C3=CCC(C(=O)NCCC(=O)O)C=C3)cc2)cc1. The van der Waals surface area contributed by atoms with Crippen LogP contribution in [0.5, 0.6) is 0 Å². The molecule has 0 radical (unpaired) electrons. The molecular formula is C31H39NO3S. The lowest BCUT2D eigenvalue weighted by atomic mass is 9.92. The molecule has 1 amide bonds. The van der Waals surface area contributed by atoms with Gasteiger partial charge < -0.3 is 10.4 Å². The van der Waals surface area contributed by atoms with Crippen LogP contribution in [-0.4, -0.2) is 28.8 Å². The van der Waals surface area contributed by atoms with Crippen LogP contribution in [0.25, 0.3) is 11.1 Å². The van der Waals surface area contributed by atoms with Gasteiger partial charge in [0.05, 0.1) is 12.3 Å². The van der Waals surface area contributed by atoms with Crippen LogP contribution in [0.15, 0.2) is 77.2 Å². The first kappa shape index (κ1) is 27.8. The van der Waals surface area contributed by atoms with Crippen LogP contribution in [0, 0.1) is 17.8 Å². The highest BCUT2D eigenvalue weighted by Crippen LogP contribution is 2.36. The molecule has 5 heteroatoms. The molecule has 192 valence electrons. The molecule has 1 aliphatic rings. The standard InChI is InChI=1S/C31H39NO3S/c1-21(2)19-23-5-7-24(8-6-23)25-13-15-28(16-14-25)36-29(20-22(3)4)26-9-11-27(12-10-26)31(35)32-18-17-30(33)34/h5-11,13-16,21-22,27,29H,12,17-20H2,1-4H3,(H,32,35)(H,33,34). The Morgan fingerprint density at radius 3 is 2.14 bits per heavy atom. The highest BCUT2D eigenvalue weighted by Gasteiger charge is 2.22. The Labute approximate surface area is 220 Å². The molecule has 0 fully saturated rings. The van der Waals surface area contributed by atoms with E-state index in [1.54, 1.807) is 0 Å². The van der Waals surface area contributed by atoms with Crippen LogP contribution in [0.3, 0.4) is 0 Å². The van der Waals surface area contributed by atoms with E-state index in [1.165, 1.54) is 27.2 Å². The number of allylic oxidation sites excluding steroid dienone is 2. The number of carboxylic acids is 1. The minimum Gasteiger partial charge on any atom is -0.481 e. The number of hydrogen-bond donors (Lipinski definition) is 2. The molecule has 0 saturated carbocycles. The second-order valence-corrected chi connectivity index (χ2v) is 11.7. The van der Waals surface area contributed by atoms with Gasteiger partial charge in [-0.1, -0.05) is 82.3 Å². The van der Waals surface area contributed by atoms with Gasteiger partial charge in [-0.2, -0.15) is 0 Å². The van der Waals surface area contributed by atoms with Crippen molar-refractivity contribution in [3.05, 3.63) is 77.9 Å². The second-order valence-electron chi connectivity index (χ2n) is 10.4. The number of nitrogens with one attached hydrogen (secondary N) is 1. The molecule has 2 unspecified atom stereocenters. The van der Waals surface area contributed by atoms with Gasteiger partial charge in [-0.25, -0.2) is 0 Å². The van der Waals surface area contributed by atoms with Crippen LogP contribution >= 0.6 is 11.8 Å². The third-order valence-corrected chi connectivity index (χ3v) is 7.52. The van der Waals surface area contributed by atoms with E-state index in [0.29, 0.717) is 23.5 Å². The van der Waals surface area contributed by atoms with Gasteiger partial charge in [0.1, 0.15) is 0 Å². The van der Waals surface area contributed by atoms with Crippen LogP contribution in [0.2, 0.25) is 0 Å². The lowest BCUT2D eigenvalue weighted by Crippen LogP contribution is -2.32. The smallest absolute Gasteiger partial charge is 0.305 e. The van der Waals surface area contributed by atoms with Crippen molar-refractivity contribution >= 4 is 23.6 Å². The Balaban J connectivity index is 1.62. The van der Waals surface area contributed by atoms with Crippen LogP contribution < -0.4 is 5.32 Å². The van der Waals surface area contributed by atoms with Gasteiger partial charge >= 0.3 is 5.97 Å². The number of rotatable bonds is 12. The molecule has 0 aliphatic heterocycles. The number of hydrogen-bond acceptors (Lipinski definition) is 3. The van der Waals surface area contributed by atoms with Crippen molar-refractivity contribution in [2.24, 2.45) is 17.8 Å². The highest BCUT2D eigenvalue weighted by atomic mass is 32.2. The predicted molar refractivity (Wildman–Crippen MR) is 150 cm³/mol. The molecule has 0 saturated heterocycles. The summed E-state index contributed by atoms with van der Waals surface area (Å²) in [6, 6.07) is 17.7. The lowest BCUT2D eigenvalue weighted by Gasteiger charge is -2.24. The maximum absolute atomic E-state index is 12.3. The number of aliphatic carboxylic acids is 1. The first-order chi connectivity index (χ1) is 17.2. The third-order valence-electron chi connectivity index (χ3n) is 6.22. The Bertz CT molecular complexity index is 1070. The monoisotopic (exact) mass is 505 g/mol. The molecule has 4 nitrogen and oxygen atoms in total. The highest BCUT2D eigenvalue weighted by molar-refractivity contribution is 8.00.